The van der Waals surface area contributed by atoms with Crippen molar-refractivity contribution in [2.75, 3.05) is 5.32 Å². The smallest absolute Gasteiger partial charge is 0.271 e. The van der Waals surface area contributed by atoms with Crippen LogP contribution in [0.1, 0.15) is 21.6 Å². The lowest BCUT2D eigenvalue weighted by molar-refractivity contribution is -0.384. The lowest BCUT2D eigenvalue weighted by Gasteiger charge is -2.10. The molecule has 1 heterocycles. The Hall–Kier alpha value is -3.28. The summed E-state index contributed by atoms with van der Waals surface area (Å²) in [6.45, 7) is 3.77. The molecule has 0 fully saturated rings. The van der Waals surface area contributed by atoms with Crippen molar-refractivity contribution in [3.05, 3.63) is 75.5 Å². The molecular weight excluding hydrogens is 306 g/mol. The van der Waals surface area contributed by atoms with Gasteiger partial charge in [0.1, 0.15) is 0 Å². The highest BCUT2D eigenvalue weighted by Crippen LogP contribution is 2.22. The predicted octanol–water partition coefficient (Wildman–Crippen LogP) is 4.01. The molecule has 6 nitrogen and oxygen atoms in total. The highest BCUT2D eigenvalue weighted by Gasteiger charge is 2.14. The van der Waals surface area contributed by atoms with Gasteiger partial charge >= 0.3 is 0 Å². The van der Waals surface area contributed by atoms with Crippen molar-refractivity contribution in [3.63, 3.8) is 0 Å². The monoisotopic (exact) mass is 321 g/mol. The van der Waals surface area contributed by atoms with Crippen LogP contribution in [0.3, 0.4) is 0 Å². The van der Waals surface area contributed by atoms with Gasteiger partial charge in [0, 0.05) is 28.9 Å². The number of carbonyl (C=O) groups excluding carboxylic acids is 1. The fourth-order valence-electron chi connectivity index (χ4n) is 2.56. The zero-order valence-corrected chi connectivity index (χ0v) is 13.2. The second-order valence-electron chi connectivity index (χ2n) is 5.59. The Morgan fingerprint density at radius 1 is 1.12 bits per heavy atom. The number of nitrogens with one attached hydrogen (secondary N) is 1. The van der Waals surface area contributed by atoms with Crippen LogP contribution >= 0.6 is 0 Å². The van der Waals surface area contributed by atoms with Crippen LogP contribution in [-0.2, 0) is 0 Å². The third-order valence-electron chi connectivity index (χ3n) is 3.65. The second-order valence-corrected chi connectivity index (χ2v) is 5.59. The number of nitrogens with zero attached hydrogens (tertiary/aromatic N) is 2. The van der Waals surface area contributed by atoms with Gasteiger partial charge in [0.05, 0.1) is 16.0 Å². The molecule has 0 aliphatic rings. The first kappa shape index (κ1) is 15.6. The van der Waals surface area contributed by atoms with E-state index in [9.17, 15) is 14.9 Å². The van der Waals surface area contributed by atoms with Crippen molar-refractivity contribution in [3.8, 4) is 0 Å². The van der Waals surface area contributed by atoms with Crippen LogP contribution in [0.5, 0.6) is 0 Å². The molecular formula is C18H15N3O3. The van der Waals surface area contributed by atoms with Crippen LogP contribution in [0, 0.1) is 24.0 Å². The van der Waals surface area contributed by atoms with Gasteiger partial charge in [-0.2, -0.15) is 0 Å². The van der Waals surface area contributed by atoms with Crippen LogP contribution in [-0.4, -0.2) is 15.8 Å². The number of rotatable bonds is 3. The summed E-state index contributed by atoms with van der Waals surface area (Å²) in [5.74, 6) is -0.323. The predicted molar refractivity (Wildman–Crippen MR) is 92.3 cm³/mol. The Bertz CT molecular complexity index is 967. The molecule has 2 aromatic carbocycles. The Kier molecular flexibility index (Phi) is 3.95. The number of hydrogen-bond donors (Lipinski definition) is 1. The Morgan fingerprint density at radius 2 is 1.92 bits per heavy atom. The van der Waals surface area contributed by atoms with Crippen LogP contribution in [0.2, 0.25) is 0 Å². The minimum Gasteiger partial charge on any atom is -0.322 e. The number of fused-ring (bicyclic) bond motifs is 1. The molecule has 0 aliphatic heterocycles. The minimum absolute atomic E-state index is 0.0700. The second kappa shape index (κ2) is 6.08. The molecule has 0 spiro atoms. The van der Waals surface area contributed by atoms with Gasteiger partial charge in [0.25, 0.3) is 11.6 Å². The zero-order chi connectivity index (χ0) is 17.3. The van der Waals surface area contributed by atoms with Crippen LogP contribution in [0.25, 0.3) is 10.9 Å². The molecule has 0 saturated carbocycles. The molecule has 24 heavy (non-hydrogen) atoms. The van der Waals surface area contributed by atoms with Gasteiger partial charge in [-0.3, -0.25) is 19.9 Å². The van der Waals surface area contributed by atoms with E-state index in [0.29, 0.717) is 11.3 Å². The summed E-state index contributed by atoms with van der Waals surface area (Å²) < 4.78 is 0. The number of nitro groups is 1. The van der Waals surface area contributed by atoms with E-state index >= 15 is 0 Å². The summed E-state index contributed by atoms with van der Waals surface area (Å²) in [6, 6.07) is 13.3. The highest BCUT2D eigenvalue weighted by molar-refractivity contribution is 6.12. The first-order valence-electron chi connectivity index (χ1n) is 7.38. The number of nitro benzene ring substituents is 1. The molecule has 0 bridgehead atoms. The van der Waals surface area contributed by atoms with E-state index in [-0.39, 0.29) is 11.6 Å². The Balaban J connectivity index is 2.01. The van der Waals surface area contributed by atoms with Crippen molar-refractivity contribution in [2.24, 2.45) is 0 Å². The van der Waals surface area contributed by atoms with E-state index in [2.05, 4.69) is 10.3 Å². The standard InChI is InChI=1S/C18H15N3O3/c1-11-6-7-17-15(8-11)16(9-12(2)19-17)18(22)20-13-4-3-5-14(10-13)21(23)24/h3-10H,1-2H3,(H,20,22). The summed E-state index contributed by atoms with van der Waals surface area (Å²) >= 11 is 0. The zero-order valence-electron chi connectivity index (χ0n) is 13.2. The van der Waals surface area contributed by atoms with Crippen molar-refractivity contribution < 1.29 is 9.72 Å². The van der Waals surface area contributed by atoms with E-state index in [4.69, 9.17) is 0 Å². The van der Waals surface area contributed by atoms with Crippen molar-refractivity contribution in [1.29, 1.82) is 0 Å². The van der Waals surface area contributed by atoms with E-state index in [1.807, 2.05) is 32.0 Å². The SMILES string of the molecule is Cc1ccc2nc(C)cc(C(=O)Nc3cccc([N+](=O)[O-])c3)c2c1. The highest BCUT2D eigenvalue weighted by atomic mass is 16.6. The third-order valence-corrected chi connectivity index (χ3v) is 3.65. The summed E-state index contributed by atoms with van der Waals surface area (Å²) in [5, 5.41) is 14.3. The van der Waals surface area contributed by atoms with Crippen LogP contribution in [0.15, 0.2) is 48.5 Å². The first-order chi connectivity index (χ1) is 11.4. The van der Waals surface area contributed by atoms with Gasteiger partial charge in [0.15, 0.2) is 0 Å². The van der Waals surface area contributed by atoms with Crippen molar-refractivity contribution in [2.45, 2.75) is 13.8 Å². The first-order valence-corrected chi connectivity index (χ1v) is 7.38. The number of carbonyl (C=O) groups is 1. The quantitative estimate of drug-likeness (QED) is 0.583. The minimum atomic E-state index is -0.495. The Labute approximate surface area is 138 Å². The fraction of sp³-hybridized carbons (Fsp3) is 0.111. The molecule has 0 aliphatic carbocycles. The topological polar surface area (TPSA) is 85.1 Å². The van der Waals surface area contributed by atoms with Crippen LogP contribution < -0.4 is 5.32 Å². The maximum Gasteiger partial charge on any atom is 0.271 e. The number of hydrogen-bond acceptors (Lipinski definition) is 4. The maximum atomic E-state index is 12.7. The summed E-state index contributed by atoms with van der Waals surface area (Å²) in [7, 11) is 0. The number of pyridine rings is 1. The molecule has 1 N–H and O–H groups in total. The third kappa shape index (κ3) is 3.08. The number of aromatic nitrogens is 1. The van der Waals surface area contributed by atoms with Gasteiger partial charge in [-0.05, 0) is 38.1 Å². The van der Waals surface area contributed by atoms with Gasteiger partial charge < -0.3 is 5.32 Å². The average Bonchev–Trinajstić information content (AvgIpc) is 2.54. The van der Waals surface area contributed by atoms with Crippen molar-refractivity contribution in [1.82, 2.24) is 4.98 Å². The normalized spacial score (nSPS) is 10.6. The van der Waals surface area contributed by atoms with Gasteiger partial charge in [-0.25, -0.2) is 0 Å². The Morgan fingerprint density at radius 3 is 2.67 bits per heavy atom. The van der Waals surface area contributed by atoms with Gasteiger partial charge in [-0.1, -0.05) is 17.7 Å². The van der Waals surface area contributed by atoms with Gasteiger partial charge in [-0.15, -0.1) is 0 Å². The molecule has 1 aromatic heterocycles. The maximum absolute atomic E-state index is 12.7. The van der Waals surface area contributed by atoms with E-state index in [1.165, 1.54) is 18.2 Å². The average molecular weight is 321 g/mol. The number of amides is 1. The molecule has 6 heteroatoms. The molecule has 0 unspecified atom stereocenters. The largest absolute Gasteiger partial charge is 0.322 e. The van der Waals surface area contributed by atoms with E-state index in [1.54, 1.807) is 12.1 Å². The number of non-ortho nitro benzene ring substituents is 1. The number of anilines is 1. The molecule has 120 valence electrons. The molecule has 1 amide bonds. The molecule has 0 atom stereocenters. The molecule has 0 saturated heterocycles. The molecule has 3 rings (SSSR count). The molecule has 3 aromatic rings. The van der Waals surface area contributed by atoms with Crippen molar-refractivity contribution >= 4 is 28.2 Å². The lowest BCUT2D eigenvalue weighted by Crippen LogP contribution is -2.13. The van der Waals surface area contributed by atoms with Gasteiger partial charge in [0.2, 0.25) is 0 Å². The number of aryl methyl sites for hydroxylation is 2. The summed E-state index contributed by atoms with van der Waals surface area (Å²) in [5.41, 5.74) is 3.30. The number of benzene rings is 2. The van der Waals surface area contributed by atoms with E-state index in [0.717, 1.165) is 22.2 Å². The lowest BCUT2D eigenvalue weighted by atomic mass is 10.0. The van der Waals surface area contributed by atoms with E-state index < -0.39 is 4.92 Å². The summed E-state index contributed by atoms with van der Waals surface area (Å²) in [4.78, 5) is 27.5. The molecule has 0 radical (unpaired) electrons. The van der Waals surface area contributed by atoms with Crippen LogP contribution in [0.4, 0.5) is 11.4 Å². The fourth-order valence-corrected chi connectivity index (χ4v) is 2.56. The summed E-state index contributed by atoms with van der Waals surface area (Å²) in [6.07, 6.45) is 0.